The summed E-state index contributed by atoms with van der Waals surface area (Å²) >= 11 is 0. The van der Waals surface area contributed by atoms with E-state index < -0.39 is 10.0 Å². The van der Waals surface area contributed by atoms with Gasteiger partial charge in [0.15, 0.2) is 0 Å². The third-order valence-electron chi connectivity index (χ3n) is 3.53. The molecule has 0 saturated heterocycles. The van der Waals surface area contributed by atoms with E-state index in [9.17, 15) is 8.42 Å². The molecule has 0 aliphatic carbocycles. The number of hydrogen-bond donors (Lipinski definition) is 2. The Labute approximate surface area is 126 Å². The van der Waals surface area contributed by atoms with E-state index in [0.29, 0.717) is 5.56 Å². The van der Waals surface area contributed by atoms with Gasteiger partial charge in [0.2, 0.25) is 10.0 Å². The lowest BCUT2D eigenvalue weighted by Gasteiger charge is -2.21. The van der Waals surface area contributed by atoms with Gasteiger partial charge in [-0.2, -0.15) is 0 Å². The van der Waals surface area contributed by atoms with Crippen LogP contribution in [0, 0.1) is 6.92 Å². The van der Waals surface area contributed by atoms with Crippen molar-refractivity contribution in [1.82, 2.24) is 0 Å². The molecule has 0 aliphatic rings. The second-order valence-electron chi connectivity index (χ2n) is 4.99. The first kappa shape index (κ1) is 15.5. The van der Waals surface area contributed by atoms with Gasteiger partial charge < -0.3 is 5.32 Å². The Kier molecular flexibility index (Phi) is 4.65. The maximum absolute atomic E-state index is 11.6. The molecule has 3 N–H and O–H groups in total. The molecular weight excluding hydrogens is 284 g/mol. The number of hydrogen-bond acceptors (Lipinski definition) is 3. The van der Waals surface area contributed by atoms with E-state index >= 15 is 0 Å². The van der Waals surface area contributed by atoms with Crippen LogP contribution in [0.4, 0.5) is 5.69 Å². The van der Waals surface area contributed by atoms with E-state index in [4.69, 9.17) is 5.14 Å². The predicted molar refractivity (Wildman–Crippen MR) is 85.6 cm³/mol. The summed E-state index contributed by atoms with van der Waals surface area (Å²) in [4.78, 5) is 0.162. The van der Waals surface area contributed by atoms with Crippen LogP contribution in [0.1, 0.15) is 30.5 Å². The van der Waals surface area contributed by atoms with Gasteiger partial charge in [-0.05, 0) is 36.6 Å². The van der Waals surface area contributed by atoms with Crippen molar-refractivity contribution in [3.05, 3.63) is 59.7 Å². The summed E-state index contributed by atoms with van der Waals surface area (Å²) in [6.45, 7) is 3.85. The molecule has 5 heteroatoms. The van der Waals surface area contributed by atoms with Crippen LogP contribution >= 0.6 is 0 Å². The number of benzene rings is 2. The Bertz CT molecular complexity index is 712. The van der Waals surface area contributed by atoms with Gasteiger partial charge in [0.25, 0.3) is 0 Å². The number of primary sulfonamides is 1. The zero-order valence-corrected chi connectivity index (χ0v) is 13.0. The van der Waals surface area contributed by atoms with Crippen molar-refractivity contribution in [2.75, 3.05) is 5.32 Å². The van der Waals surface area contributed by atoms with E-state index in [1.165, 1.54) is 11.6 Å². The lowest BCUT2D eigenvalue weighted by atomic mass is 10.0. The van der Waals surface area contributed by atoms with Gasteiger partial charge in [-0.25, -0.2) is 13.6 Å². The Morgan fingerprint density at radius 1 is 1.10 bits per heavy atom. The highest BCUT2D eigenvalue weighted by molar-refractivity contribution is 7.89. The molecule has 0 radical (unpaired) electrons. The molecular formula is C16H20N2O2S. The molecule has 0 heterocycles. The molecule has 1 atom stereocenters. The summed E-state index contributed by atoms with van der Waals surface area (Å²) in [7, 11) is -3.70. The largest absolute Gasteiger partial charge is 0.378 e. The number of nitrogens with one attached hydrogen (secondary N) is 1. The van der Waals surface area contributed by atoms with E-state index in [2.05, 4.69) is 24.4 Å². The molecule has 0 aromatic heterocycles. The fraction of sp³-hybridized carbons (Fsp3) is 0.250. The number of rotatable bonds is 5. The Morgan fingerprint density at radius 3 is 2.33 bits per heavy atom. The van der Waals surface area contributed by atoms with Crippen LogP contribution in [0.2, 0.25) is 0 Å². The second-order valence-corrected chi connectivity index (χ2v) is 6.52. The normalized spacial score (nSPS) is 12.9. The molecule has 2 aromatic rings. The van der Waals surface area contributed by atoms with Gasteiger partial charge in [-0.1, -0.05) is 43.3 Å². The topological polar surface area (TPSA) is 72.2 Å². The van der Waals surface area contributed by atoms with E-state index in [1.54, 1.807) is 13.0 Å². The van der Waals surface area contributed by atoms with Gasteiger partial charge in [-0.3, -0.25) is 0 Å². The molecule has 0 aliphatic heterocycles. The van der Waals surface area contributed by atoms with Crippen molar-refractivity contribution in [3.63, 3.8) is 0 Å². The maximum Gasteiger partial charge on any atom is 0.238 e. The molecule has 0 amide bonds. The lowest BCUT2D eigenvalue weighted by molar-refractivity contribution is 0.597. The predicted octanol–water partition coefficient (Wildman–Crippen LogP) is 3.21. The van der Waals surface area contributed by atoms with Crippen LogP contribution in [-0.2, 0) is 10.0 Å². The highest BCUT2D eigenvalue weighted by Gasteiger charge is 2.16. The minimum Gasteiger partial charge on any atom is -0.378 e. The molecule has 1 unspecified atom stereocenters. The highest BCUT2D eigenvalue weighted by Crippen LogP contribution is 2.27. The average Bonchev–Trinajstić information content (AvgIpc) is 2.46. The van der Waals surface area contributed by atoms with Gasteiger partial charge in [-0.15, -0.1) is 0 Å². The van der Waals surface area contributed by atoms with E-state index in [1.807, 2.05) is 24.3 Å². The summed E-state index contributed by atoms with van der Waals surface area (Å²) in [5, 5.41) is 8.65. The van der Waals surface area contributed by atoms with Crippen LogP contribution in [0.5, 0.6) is 0 Å². The monoisotopic (exact) mass is 304 g/mol. The average molecular weight is 304 g/mol. The SMILES string of the molecule is CCC(Nc1cccc(S(N)(=O)=O)c1C)c1ccccc1. The van der Waals surface area contributed by atoms with Crippen molar-refractivity contribution in [3.8, 4) is 0 Å². The quantitative estimate of drug-likeness (QED) is 0.891. The molecule has 2 rings (SSSR count). The first-order chi connectivity index (χ1) is 9.93. The van der Waals surface area contributed by atoms with Crippen molar-refractivity contribution in [1.29, 1.82) is 0 Å². The van der Waals surface area contributed by atoms with Gasteiger partial charge in [0, 0.05) is 5.69 Å². The van der Waals surface area contributed by atoms with Crippen LogP contribution in [0.15, 0.2) is 53.4 Å². The Hall–Kier alpha value is -1.85. The van der Waals surface area contributed by atoms with Crippen molar-refractivity contribution in [2.24, 2.45) is 5.14 Å². The molecule has 21 heavy (non-hydrogen) atoms. The Balaban J connectivity index is 2.35. The summed E-state index contributed by atoms with van der Waals surface area (Å²) in [6.07, 6.45) is 0.892. The maximum atomic E-state index is 11.6. The first-order valence-electron chi connectivity index (χ1n) is 6.87. The number of anilines is 1. The van der Waals surface area contributed by atoms with E-state index in [-0.39, 0.29) is 10.9 Å². The van der Waals surface area contributed by atoms with Gasteiger partial charge in [0.05, 0.1) is 10.9 Å². The fourth-order valence-corrected chi connectivity index (χ4v) is 3.18. The van der Waals surface area contributed by atoms with Crippen LogP contribution in [0.3, 0.4) is 0 Å². The molecule has 0 fully saturated rings. The third-order valence-corrected chi connectivity index (χ3v) is 4.59. The second kappa shape index (κ2) is 6.28. The highest BCUT2D eigenvalue weighted by atomic mass is 32.2. The molecule has 0 saturated carbocycles. The van der Waals surface area contributed by atoms with Crippen LogP contribution in [0.25, 0.3) is 0 Å². The summed E-state index contributed by atoms with van der Waals surface area (Å²) in [5.74, 6) is 0. The fourth-order valence-electron chi connectivity index (χ4n) is 2.37. The van der Waals surface area contributed by atoms with Gasteiger partial charge >= 0.3 is 0 Å². The summed E-state index contributed by atoms with van der Waals surface area (Å²) < 4.78 is 23.2. The smallest absolute Gasteiger partial charge is 0.238 e. The number of sulfonamides is 1. The Morgan fingerprint density at radius 2 is 1.76 bits per heavy atom. The van der Waals surface area contributed by atoms with E-state index in [0.717, 1.165) is 12.1 Å². The summed E-state index contributed by atoms with van der Waals surface area (Å²) in [5.41, 5.74) is 2.60. The van der Waals surface area contributed by atoms with Crippen LogP contribution in [-0.4, -0.2) is 8.42 Å². The summed E-state index contributed by atoms with van der Waals surface area (Å²) in [6, 6.07) is 15.3. The molecule has 0 bridgehead atoms. The minimum absolute atomic E-state index is 0.126. The molecule has 4 nitrogen and oxygen atoms in total. The first-order valence-corrected chi connectivity index (χ1v) is 8.42. The van der Waals surface area contributed by atoms with Crippen molar-refractivity contribution in [2.45, 2.75) is 31.2 Å². The van der Waals surface area contributed by atoms with Crippen LogP contribution < -0.4 is 10.5 Å². The van der Waals surface area contributed by atoms with Crippen molar-refractivity contribution >= 4 is 15.7 Å². The zero-order valence-electron chi connectivity index (χ0n) is 12.2. The standard InChI is InChI=1S/C16H20N2O2S/c1-3-14(13-8-5-4-6-9-13)18-15-10-7-11-16(12(15)2)21(17,19)20/h4-11,14,18H,3H2,1-2H3,(H2,17,19,20). The number of nitrogens with two attached hydrogens (primary N) is 1. The lowest BCUT2D eigenvalue weighted by Crippen LogP contribution is -2.16. The molecule has 0 spiro atoms. The van der Waals surface area contributed by atoms with Crippen molar-refractivity contribution < 1.29 is 8.42 Å². The minimum atomic E-state index is -3.70. The zero-order chi connectivity index (χ0) is 15.5. The molecule has 2 aromatic carbocycles. The third kappa shape index (κ3) is 3.62. The molecule has 112 valence electrons. The van der Waals surface area contributed by atoms with Gasteiger partial charge in [0.1, 0.15) is 0 Å².